The normalized spacial score (nSPS) is 11.8. The first-order valence-corrected chi connectivity index (χ1v) is 9.81. The van der Waals surface area contributed by atoms with Gasteiger partial charge in [-0.25, -0.2) is 17.7 Å². The Balaban J connectivity index is 1.88. The Morgan fingerprint density at radius 1 is 1.20 bits per heavy atom. The molecular weight excluding hydrogens is 382 g/mol. The van der Waals surface area contributed by atoms with Crippen LogP contribution in [0.15, 0.2) is 47.4 Å². The van der Waals surface area contributed by atoms with Crippen LogP contribution >= 0.6 is 22.9 Å². The summed E-state index contributed by atoms with van der Waals surface area (Å²) in [5, 5.41) is 3.70. The average molecular weight is 396 g/mol. The van der Waals surface area contributed by atoms with Crippen molar-refractivity contribution in [2.75, 3.05) is 19.4 Å². The van der Waals surface area contributed by atoms with E-state index in [4.69, 9.17) is 11.6 Å². The molecule has 6 nitrogen and oxygen atoms in total. The summed E-state index contributed by atoms with van der Waals surface area (Å²) in [6.07, 6.45) is 0. The van der Waals surface area contributed by atoms with Gasteiger partial charge in [-0.1, -0.05) is 29.0 Å². The summed E-state index contributed by atoms with van der Waals surface area (Å²) in [4.78, 5) is 16.8. The van der Waals surface area contributed by atoms with Gasteiger partial charge in [0.1, 0.15) is 0 Å². The Morgan fingerprint density at radius 2 is 1.96 bits per heavy atom. The Bertz CT molecular complexity index is 1060. The topological polar surface area (TPSA) is 79.4 Å². The first-order valence-electron chi connectivity index (χ1n) is 7.17. The number of carbonyl (C=O) groups is 1. The molecule has 0 radical (unpaired) electrons. The molecule has 1 amide bonds. The van der Waals surface area contributed by atoms with Crippen molar-refractivity contribution in [2.24, 2.45) is 0 Å². The largest absolute Gasteiger partial charge is 0.298 e. The van der Waals surface area contributed by atoms with Crippen molar-refractivity contribution < 1.29 is 13.2 Å². The predicted molar refractivity (Wildman–Crippen MR) is 99.9 cm³/mol. The summed E-state index contributed by atoms with van der Waals surface area (Å²) >= 11 is 7.24. The molecule has 0 bridgehead atoms. The summed E-state index contributed by atoms with van der Waals surface area (Å²) in [7, 11) is -0.728. The number of hydrogen-bond donors (Lipinski definition) is 1. The number of anilines is 1. The lowest BCUT2D eigenvalue weighted by molar-refractivity contribution is 0.102. The number of carbonyl (C=O) groups excluding carboxylic acids is 1. The average Bonchev–Trinajstić information content (AvgIpc) is 2.96. The van der Waals surface area contributed by atoms with E-state index < -0.39 is 15.9 Å². The van der Waals surface area contributed by atoms with Crippen molar-refractivity contribution in [3.05, 3.63) is 53.1 Å². The summed E-state index contributed by atoms with van der Waals surface area (Å²) in [5.41, 5.74) is 0.967. The van der Waals surface area contributed by atoms with Crippen molar-refractivity contribution in [1.82, 2.24) is 9.29 Å². The highest BCUT2D eigenvalue weighted by atomic mass is 35.5. The second-order valence-corrected chi connectivity index (χ2v) is 9.02. The van der Waals surface area contributed by atoms with Crippen LogP contribution in [0.5, 0.6) is 0 Å². The van der Waals surface area contributed by atoms with E-state index in [9.17, 15) is 13.2 Å². The zero-order valence-electron chi connectivity index (χ0n) is 13.4. The number of nitrogens with one attached hydrogen (secondary N) is 1. The van der Waals surface area contributed by atoms with Gasteiger partial charge >= 0.3 is 0 Å². The molecule has 25 heavy (non-hydrogen) atoms. The van der Waals surface area contributed by atoms with E-state index in [0.29, 0.717) is 10.2 Å². The third kappa shape index (κ3) is 3.67. The third-order valence-electron chi connectivity index (χ3n) is 3.45. The van der Waals surface area contributed by atoms with E-state index >= 15 is 0 Å². The fourth-order valence-corrected chi connectivity index (χ4v) is 4.21. The van der Waals surface area contributed by atoms with Gasteiger partial charge in [0, 0.05) is 24.7 Å². The maximum atomic E-state index is 12.4. The second kappa shape index (κ2) is 6.72. The quantitative estimate of drug-likeness (QED) is 0.733. The molecule has 130 valence electrons. The summed E-state index contributed by atoms with van der Waals surface area (Å²) in [5.74, 6) is -0.430. The van der Waals surface area contributed by atoms with Gasteiger partial charge in [-0.2, -0.15) is 0 Å². The van der Waals surface area contributed by atoms with Crippen molar-refractivity contribution in [2.45, 2.75) is 4.90 Å². The van der Waals surface area contributed by atoms with E-state index in [2.05, 4.69) is 10.3 Å². The molecule has 0 aliphatic heterocycles. The minimum Gasteiger partial charge on any atom is -0.298 e. The molecule has 1 N–H and O–H groups in total. The lowest BCUT2D eigenvalue weighted by Gasteiger charge is -2.12. The van der Waals surface area contributed by atoms with Crippen molar-refractivity contribution in [3.63, 3.8) is 0 Å². The highest BCUT2D eigenvalue weighted by molar-refractivity contribution is 7.89. The van der Waals surface area contributed by atoms with Gasteiger partial charge < -0.3 is 0 Å². The van der Waals surface area contributed by atoms with Gasteiger partial charge in [0.2, 0.25) is 10.0 Å². The number of halogens is 1. The van der Waals surface area contributed by atoms with E-state index in [-0.39, 0.29) is 10.5 Å². The van der Waals surface area contributed by atoms with Gasteiger partial charge in [-0.15, -0.1) is 0 Å². The smallest absolute Gasteiger partial charge is 0.257 e. The summed E-state index contributed by atoms with van der Waals surface area (Å²) in [6, 6.07) is 11.1. The third-order valence-corrected chi connectivity index (χ3v) is 6.43. The molecule has 3 rings (SSSR count). The van der Waals surface area contributed by atoms with Crippen LogP contribution < -0.4 is 5.32 Å². The van der Waals surface area contributed by atoms with E-state index in [1.54, 1.807) is 24.3 Å². The number of aromatic nitrogens is 1. The number of thiazole rings is 1. The van der Waals surface area contributed by atoms with E-state index in [1.807, 2.05) is 0 Å². The van der Waals surface area contributed by atoms with Gasteiger partial charge in [-0.3, -0.25) is 10.1 Å². The zero-order chi connectivity index (χ0) is 18.2. The summed E-state index contributed by atoms with van der Waals surface area (Å²) < 4.78 is 26.3. The zero-order valence-corrected chi connectivity index (χ0v) is 15.7. The Morgan fingerprint density at radius 3 is 2.68 bits per heavy atom. The molecule has 1 aromatic heterocycles. The molecule has 0 saturated heterocycles. The number of sulfonamides is 1. The second-order valence-electron chi connectivity index (χ2n) is 5.40. The van der Waals surface area contributed by atoms with Gasteiger partial charge in [0.05, 0.1) is 15.1 Å². The number of amides is 1. The van der Waals surface area contributed by atoms with E-state index in [1.165, 1.54) is 43.6 Å². The van der Waals surface area contributed by atoms with Crippen molar-refractivity contribution in [1.29, 1.82) is 0 Å². The fourth-order valence-electron chi connectivity index (χ4n) is 2.13. The van der Waals surface area contributed by atoms with Crippen LogP contribution in [0.2, 0.25) is 5.02 Å². The predicted octanol–water partition coefficient (Wildman–Crippen LogP) is 3.45. The number of fused-ring (bicyclic) bond motifs is 1. The first-order chi connectivity index (χ1) is 11.8. The van der Waals surface area contributed by atoms with Crippen LogP contribution in [-0.2, 0) is 10.0 Å². The molecule has 0 saturated carbocycles. The Hall–Kier alpha value is -2.00. The molecule has 2 aromatic carbocycles. The maximum absolute atomic E-state index is 12.4. The minimum atomic E-state index is -3.61. The Kier molecular flexibility index (Phi) is 4.79. The molecule has 0 aliphatic carbocycles. The lowest BCUT2D eigenvalue weighted by Crippen LogP contribution is -2.22. The molecule has 0 aliphatic rings. The maximum Gasteiger partial charge on any atom is 0.257 e. The van der Waals surface area contributed by atoms with Crippen LogP contribution in [0, 0.1) is 0 Å². The van der Waals surface area contributed by atoms with Crippen LogP contribution in [0.4, 0.5) is 5.13 Å². The van der Waals surface area contributed by atoms with Gasteiger partial charge in [0.15, 0.2) is 5.13 Å². The SMILES string of the molecule is CN(C)S(=O)(=O)c1cccc(C(=O)Nc2nc3ccc(Cl)cc3s2)c1. The minimum absolute atomic E-state index is 0.0567. The monoisotopic (exact) mass is 395 g/mol. The van der Waals surface area contributed by atoms with Crippen LogP contribution in [-0.4, -0.2) is 37.7 Å². The van der Waals surface area contributed by atoms with Crippen LogP contribution in [0.1, 0.15) is 10.4 Å². The van der Waals surface area contributed by atoms with Crippen molar-refractivity contribution in [3.8, 4) is 0 Å². The van der Waals surface area contributed by atoms with E-state index in [0.717, 1.165) is 14.5 Å². The molecule has 0 fully saturated rings. The van der Waals surface area contributed by atoms with Gasteiger partial charge in [0.25, 0.3) is 5.91 Å². The number of nitrogens with zero attached hydrogens (tertiary/aromatic N) is 2. The highest BCUT2D eigenvalue weighted by Crippen LogP contribution is 2.28. The number of benzene rings is 2. The number of hydrogen-bond acceptors (Lipinski definition) is 5. The van der Waals surface area contributed by atoms with Crippen LogP contribution in [0.25, 0.3) is 10.2 Å². The molecule has 0 spiro atoms. The number of rotatable bonds is 4. The van der Waals surface area contributed by atoms with Gasteiger partial charge in [-0.05, 0) is 36.4 Å². The molecular formula is C16H14ClN3O3S2. The molecule has 9 heteroatoms. The molecule has 3 aromatic rings. The first kappa shape index (κ1) is 17.8. The standard InChI is InChI=1S/C16H14ClN3O3S2/c1-20(2)25(22,23)12-5-3-4-10(8-12)15(21)19-16-18-13-7-6-11(17)9-14(13)24-16/h3-9H,1-2H3,(H,18,19,21). The molecule has 0 unspecified atom stereocenters. The molecule has 1 heterocycles. The molecule has 0 atom stereocenters. The van der Waals surface area contributed by atoms with Crippen LogP contribution in [0.3, 0.4) is 0 Å². The van der Waals surface area contributed by atoms with Crippen molar-refractivity contribution >= 4 is 54.2 Å². The summed E-state index contributed by atoms with van der Waals surface area (Å²) in [6.45, 7) is 0. The fraction of sp³-hybridized carbons (Fsp3) is 0.125. The highest BCUT2D eigenvalue weighted by Gasteiger charge is 2.19. The Labute approximate surface area is 154 Å². The lowest BCUT2D eigenvalue weighted by atomic mass is 10.2.